The summed E-state index contributed by atoms with van der Waals surface area (Å²) in [6.45, 7) is 1.60. The van der Waals surface area contributed by atoms with Gasteiger partial charge in [-0.2, -0.15) is 0 Å². The van der Waals surface area contributed by atoms with Gasteiger partial charge in [0.05, 0.1) is 11.1 Å². The Kier molecular flexibility index (Phi) is 5.23. The van der Waals surface area contributed by atoms with Gasteiger partial charge in [-0.1, -0.05) is 23.7 Å². The summed E-state index contributed by atoms with van der Waals surface area (Å²) in [6.07, 6.45) is 0. The molecule has 0 bridgehead atoms. The molecular weight excluding hydrogens is 358 g/mol. The molecule has 0 unspecified atom stereocenters. The summed E-state index contributed by atoms with van der Waals surface area (Å²) in [5.41, 5.74) is 0.589. The molecule has 134 valence electrons. The summed E-state index contributed by atoms with van der Waals surface area (Å²) in [7, 11) is 0. The van der Waals surface area contributed by atoms with Crippen molar-refractivity contribution in [2.45, 2.75) is 13.0 Å². The van der Waals surface area contributed by atoms with E-state index in [9.17, 15) is 14.4 Å². The minimum atomic E-state index is -1.02. The molecule has 0 aliphatic carbocycles. The number of hydrogen-bond donors (Lipinski definition) is 0. The number of carbonyl (C=O) groups is 3. The second-order valence-corrected chi connectivity index (χ2v) is 6.11. The summed E-state index contributed by atoms with van der Waals surface area (Å²) in [4.78, 5) is 37.8. The summed E-state index contributed by atoms with van der Waals surface area (Å²) >= 11 is 5.78. The molecule has 0 saturated carbocycles. The van der Waals surface area contributed by atoms with Gasteiger partial charge >= 0.3 is 5.97 Å². The lowest BCUT2D eigenvalue weighted by atomic mass is 10.1. The Morgan fingerprint density at radius 3 is 2.15 bits per heavy atom. The van der Waals surface area contributed by atoms with Crippen LogP contribution < -0.4 is 4.74 Å². The van der Waals surface area contributed by atoms with Crippen LogP contribution in [-0.2, 0) is 9.53 Å². The number of halogens is 1. The van der Waals surface area contributed by atoms with Crippen molar-refractivity contribution in [3.63, 3.8) is 0 Å². The minimum Gasteiger partial charge on any atom is -0.490 e. The third-order valence-corrected chi connectivity index (χ3v) is 4.22. The van der Waals surface area contributed by atoms with Crippen molar-refractivity contribution in [3.05, 3.63) is 64.7 Å². The van der Waals surface area contributed by atoms with Crippen molar-refractivity contribution in [2.24, 2.45) is 0 Å². The maximum Gasteiger partial charge on any atom is 0.329 e. The fourth-order valence-corrected chi connectivity index (χ4v) is 2.74. The number of hydrogen-bond acceptors (Lipinski definition) is 5. The molecule has 3 rings (SSSR count). The van der Waals surface area contributed by atoms with Crippen molar-refractivity contribution >= 4 is 29.4 Å². The highest BCUT2D eigenvalue weighted by Gasteiger charge is 2.41. The molecule has 0 fully saturated rings. The van der Waals surface area contributed by atoms with Crippen LogP contribution in [0.4, 0.5) is 0 Å². The average Bonchev–Trinajstić information content (AvgIpc) is 2.90. The van der Waals surface area contributed by atoms with Crippen LogP contribution >= 0.6 is 11.6 Å². The fourth-order valence-electron chi connectivity index (χ4n) is 2.62. The van der Waals surface area contributed by atoms with Gasteiger partial charge in [-0.05, 0) is 43.3 Å². The normalized spacial score (nSPS) is 14.2. The molecule has 0 saturated heterocycles. The van der Waals surface area contributed by atoms with E-state index in [4.69, 9.17) is 21.1 Å². The zero-order valence-corrected chi connectivity index (χ0v) is 14.7. The molecule has 26 heavy (non-hydrogen) atoms. The summed E-state index contributed by atoms with van der Waals surface area (Å²) in [5.74, 6) is -1.06. The Morgan fingerprint density at radius 2 is 1.58 bits per heavy atom. The Morgan fingerprint density at radius 1 is 1.00 bits per heavy atom. The van der Waals surface area contributed by atoms with E-state index in [1.807, 2.05) is 0 Å². The molecular formula is C19H16ClNO5. The first-order chi connectivity index (χ1) is 12.5. The van der Waals surface area contributed by atoms with Gasteiger partial charge in [-0.3, -0.25) is 14.5 Å². The molecule has 2 aromatic rings. The van der Waals surface area contributed by atoms with Crippen LogP contribution in [0.1, 0.15) is 27.6 Å². The van der Waals surface area contributed by atoms with Gasteiger partial charge in [-0.15, -0.1) is 0 Å². The van der Waals surface area contributed by atoms with Gasteiger partial charge in [0.15, 0.2) is 0 Å². The number of ether oxygens (including phenoxy) is 2. The third-order valence-electron chi connectivity index (χ3n) is 3.96. The van der Waals surface area contributed by atoms with E-state index in [0.29, 0.717) is 21.9 Å². The molecule has 1 aliphatic heterocycles. The molecule has 1 aliphatic rings. The van der Waals surface area contributed by atoms with Gasteiger partial charge < -0.3 is 9.47 Å². The zero-order chi connectivity index (χ0) is 18.7. The van der Waals surface area contributed by atoms with Gasteiger partial charge in [-0.25, -0.2) is 4.79 Å². The van der Waals surface area contributed by atoms with Crippen molar-refractivity contribution in [3.8, 4) is 5.75 Å². The summed E-state index contributed by atoms with van der Waals surface area (Å²) in [6, 6.07) is 12.2. The number of carbonyl (C=O) groups excluding carboxylic acids is 3. The summed E-state index contributed by atoms with van der Waals surface area (Å²) < 4.78 is 10.5. The SMILES string of the molecule is C[C@@H](C(=O)OCCOc1ccc(Cl)cc1)N1C(=O)c2ccccc2C1=O. The van der Waals surface area contributed by atoms with Gasteiger partial charge in [0.25, 0.3) is 11.8 Å². The Hall–Kier alpha value is -2.86. The largest absolute Gasteiger partial charge is 0.490 e. The Bertz CT molecular complexity index is 814. The quantitative estimate of drug-likeness (QED) is 0.442. The van der Waals surface area contributed by atoms with E-state index in [1.54, 1.807) is 48.5 Å². The van der Waals surface area contributed by atoms with E-state index in [1.165, 1.54) is 6.92 Å². The van der Waals surface area contributed by atoms with Gasteiger partial charge in [0.2, 0.25) is 0 Å². The van der Waals surface area contributed by atoms with E-state index in [0.717, 1.165) is 4.90 Å². The van der Waals surface area contributed by atoms with E-state index < -0.39 is 23.8 Å². The van der Waals surface area contributed by atoms with Crippen molar-refractivity contribution in [1.82, 2.24) is 4.90 Å². The Labute approximate surface area is 155 Å². The van der Waals surface area contributed by atoms with E-state index >= 15 is 0 Å². The minimum absolute atomic E-state index is 0.00499. The highest BCUT2D eigenvalue weighted by molar-refractivity contribution is 6.30. The van der Waals surface area contributed by atoms with E-state index in [2.05, 4.69) is 0 Å². The van der Waals surface area contributed by atoms with Crippen LogP contribution in [0, 0.1) is 0 Å². The average molecular weight is 374 g/mol. The second kappa shape index (κ2) is 7.58. The number of fused-ring (bicyclic) bond motifs is 1. The monoisotopic (exact) mass is 373 g/mol. The van der Waals surface area contributed by atoms with Crippen molar-refractivity contribution in [1.29, 1.82) is 0 Å². The number of benzene rings is 2. The highest BCUT2D eigenvalue weighted by atomic mass is 35.5. The highest BCUT2D eigenvalue weighted by Crippen LogP contribution is 2.24. The molecule has 7 heteroatoms. The lowest BCUT2D eigenvalue weighted by Crippen LogP contribution is -2.44. The fraction of sp³-hybridized carbons (Fsp3) is 0.211. The second-order valence-electron chi connectivity index (χ2n) is 5.67. The predicted octanol–water partition coefficient (Wildman–Crippen LogP) is 2.95. The van der Waals surface area contributed by atoms with Gasteiger partial charge in [0.1, 0.15) is 25.0 Å². The van der Waals surface area contributed by atoms with Crippen LogP contribution in [0.2, 0.25) is 5.02 Å². The van der Waals surface area contributed by atoms with Crippen LogP contribution in [0.3, 0.4) is 0 Å². The van der Waals surface area contributed by atoms with Crippen LogP contribution in [0.15, 0.2) is 48.5 Å². The molecule has 2 amide bonds. The van der Waals surface area contributed by atoms with Gasteiger partial charge in [0, 0.05) is 5.02 Å². The molecule has 0 spiro atoms. The van der Waals surface area contributed by atoms with Crippen molar-refractivity contribution < 1.29 is 23.9 Å². The smallest absolute Gasteiger partial charge is 0.329 e. The zero-order valence-electron chi connectivity index (χ0n) is 14.0. The molecule has 2 aromatic carbocycles. The first-order valence-corrected chi connectivity index (χ1v) is 8.39. The third kappa shape index (κ3) is 3.55. The molecule has 1 atom stereocenters. The van der Waals surface area contributed by atoms with Crippen molar-refractivity contribution in [2.75, 3.05) is 13.2 Å². The van der Waals surface area contributed by atoms with Crippen LogP contribution in [0.25, 0.3) is 0 Å². The number of esters is 1. The van der Waals surface area contributed by atoms with E-state index in [-0.39, 0.29) is 13.2 Å². The lowest BCUT2D eigenvalue weighted by Gasteiger charge is -2.20. The first-order valence-electron chi connectivity index (χ1n) is 8.01. The topological polar surface area (TPSA) is 72.9 Å². The van der Waals surface area contributed by atoms with Crippen LogP contribution in [0.5, 0.6) is 5.75 Å². The maximum atomic E-state index is 12.4. The predicted molar refractivity (Wildman–Crippen MR) is 94.3 cm³/mol. The number of nitrogens with zero attached hydrogens (tertiary/aromatic N) is 1. The number of amides is 2. The standard InChI is InChI=1S/C19H16ClNO5/c1-12(21-17(22)15-4-2-3-5-16(15)18(21)23)19(24)26-11-10-25-14-8-6-13(20)7-9-14/h2-9,12H,10-11H2,1H3/t12-/m0/s1. The maximum absolute atomic E-state index is 12.4. The molecule has 1 heterocycles. The molecule has 0 radical (unpaired) electrons. The molecule has 0 aromatic heterocycles. The lowest BCUT2D eigenvalue weighted by molar-refractivity contribution is -0.148. The number of imide groups is 1. The number of rotatable bonds is 6. The first kappa shape index (κ1) is 17.9. The Balaban J connectivity index is 1.53. The van der Waals surface area contributed by atoms with Crippen LogP contribution in [-0.4, -0.2) is 41.9 Å². The molecule has 0 N–H and O–H groups in total. The summed E-state index contributed by atoms with van der Waals surface area (Å²) in [5, 5.41) is 0.596. The molecule has 6 nitrogen and oxygen atoms in total.